The van der Waals surface area contributed by atoms with Gasteiger partial charge in [0.2, 0.25) is 0 Å². The van der Waals surface area contributed by atoms with Crippen molar-refractivity contribution in [3.8, 4) is 5.75 Å². The maximum Gasteiger partial charge on any atom is 0.261 e. The SMILES string of the molecule is CCC(CC)(CN)NC(=O)C(C)Oc1cc(C)ccc1Cl.Cl. The summed E-state index contributed by atoms with van der Waals surface area (Å²) in [6.45, 7) is 8.09. The van der Waals surface area contributed by atoms with E-state index >= 15 is 0 Å². The number of aryl methyl sites for hydroxylation is 1. The summed E-state index contributed by atoms with van der Waals surface area (Å²) < 4.78 is 5.68. The molecule has 4 nitrogen and oxygen atoms in total. The Morgan fingerprint density at radius 2 is 2.00 bits per heavy atom. The van der Waals surface area contributed by atoms with Crippen molar-refractivity contribution in [2.75, 3.05) is 6.54 Å². The van der Waals surface area contributed by atoms with E-state index in [1.165, 1.54) is 0 Å². The molecule has 0 aromatic heterocycles. The maximum atomic E-state index is 12.3. The van der Waals surface area contributed by atoms with Crippen molar-refractivity contribution in [1.82, 2.24) is 5.32 Å². The molecule has 6 heteroatoms. The number of amides is 1. The summed E-state index contributed by atoms with van der Waals surface area (Å²) in [6.07, 6.45) is 0.932. The first-order valence-corrected chi connectivity index (χ1v) is 7.70. The highest BCUT2D eigenvalue weighted by molar-refractivity contribution is 6.32. The molecule has 22 heavy (non-hydrogen) atoms. The lowest BCUT2D eigenvalue weighted by atomic mass is 9.92. The molecule has 0 radical (unpaired) electrons. The van der Waals surface area contributed by atoms with Crippen LogP contribution >= 0.6 is 24.0 Å². The van der Waals surface area contributed by atoms with Crippen LogP contribution in [0.4, 0.5) is 0 Å². The molecular formula is C16H26Cl2N2O2. The normalized spacial score (nSPS) is 12.3. The van der Waals surface area contributed by atoms with Crippen LogP contribution in [0.5, 0.6) is 5.75 Å². The molecule has 1 amide bonds. The van der Waals surface area contributed by atoms with E-state index in [1.54, 1.807) is 13.0 Å². The number of hydrogen-bond donors (Lipinski definition) is 2. The topological polar surface area (TPSA) is 64.3 Å². The van der Waals surface area contributed by atoms with Crippen LogP contribution < -0.4 is 15.8 Å². The van der Waals surface area contributed by atoms with Crippen LogP contribution in [0.2, 0.25) is 5.02 Å². The van der Waals surface area contributed by atoms with Crippen LogP contribution in [0, 0.1) is 6.92 Å². The second-order valence-corrected chi connectivity index (χ2v) is 5.78. The molecule has 1 atom stereocenters. The second-order valence-electron chi connectivity index (χ2n) is 5.37. The van der Waals surface area contributed by atoms with Crippen LogP contribution in [0.3, 0.4) is 0 Å². The summed E-state index contributed by atoms with van der Waals surface area (Å²) in [6, 6.07) is 5.48. The Labute approximate surface area is 144 Å². The van der Waals surface area contributed by atoms with Crippen LogP contribution in [0.1, 0.15) is 39.2 Å². The number of halogens is 2. The van der Waals surface area contributed by atoms with Gasteiger partial charge in [-0.25, -0.2) is 0 Å². The van der Waals surface area contributed by atoms with Crippen molar-refractivity contribution in [1.29, 1.82) is 0 Å². The third-order valence-corrected chi connectivity index (χ3v) is 4.20. The summed E-state index contributed by atoms with van der Waals surface area (Å²) >= 11 is 6.08. The highest BCUT2D eigenvalue weighted by Crippen LogP contribution is 2.26. The lowest BCUT2D eigenvalue weighted by Crippen LogP contribution is -2.55. The van der Waals surface area contributed by atoms with Crippen molar-refractivity contribution in [2.45, 2.75) is 52.2 Å². The number of nitrogens with one attached hydrogen (secondary N) is 1. The molecule has 0 bridgehead atoms. The van der Waals surface area contributed by atoms with Gasteiger partial charge in [-0.1, -0.05) is 31.5 Å². The first-order valence-electron chi connectivity index (χ1n) is 7.32. The Bertz CT molecular complexity index is 483. The number of carbonyl (C=O) groups is 1. The van der Waals surface area contributed by atoms with Crippen LogP contribution in [-0.2, 0) is 4.79 Å². The Morgan fingerprint density at radius 3 is 2.50 bits per heavy atom. The Balaban J connectivity index is 0.00000441. The van der Waals surface area contributed by atoms with E-state index in [2.05, 4.69) is 5.32 Å². The van der Waals surface area contributed by atoms with Crippen molar-refractivity contribution >= 4 is 29.9 Å². The minimum Gasteiger partial charge on any atom is -0.479 e. The third kappa shape index (κ3) is 5.34. The lowest BCUT2D eigenvalue weighted by Gasteiger charge is -2.32. The molecule has 1 rings (SSSR count). The van der Waals surface area contributed by atoms with Gasteiger partial charge in [0.05, 0.1) is 10.6 Å². The van der Waals surface area contributed by atoms with Gasteiger partial charge >= 0.3 is 0 Å². The summed E-state index contributed by atoms with van der Waals surface area (Å²) in [5, 5.41) is 3.50. The summed E-state index contributed by atoms with van der Waals surface area (Å²) in [5.74, 6) is 0.340. The number of rotatable bonds is 7. The monoisotopic (exact) mass is 348 g/mol. The fraction of sp³-hybridized carbons (Fsp3) is 0.562. The Kier molecular flexibility index (Phi) is 8.83. The van der Waals surface area contributed by atoms with Crippen molar-refractivity contribution in [3.05, 3.63) is 28.8 Å². The van der Waals surface area contributed by atoms with Gasteiger partial charge in [-0.05, 0) is 44.4 Å². The molecule has 0 saturated heterocycles. The minimum atomic E-state index is -0.631. The van der Waals surface area contributed by atoms with Gasteiger partial charge in [0.1, 0.15) is 5.75 Å². The first kappa shape index (κ1) is 21.0. The molecule has 0 saturated carbocycles. The quantitative estimate of drug-likeness (QED) is 0.792. The second kappa shape index (κ2) is 9.23. The van der Waals surface area contributed by atoms with Crippen molar-refractivity contribution in [2.24, 2.45) is 5.73 Å². The number of carbonyl (C=O) groups excluding carboxylic acids is 1. The van der Waals surface area contributed by atoms with Gasteiger partial charge in [0.25, 0.3) is 5.91 Å². The van der Waals surface area contributed by atoms with E-state index in [4.69, 9.17) is 22.1 Å². The van der Waals surface area contributed by atoms with E-state index in [1.807, 2.05) is 32.9 Å². The third-order valence-electron chi connectivity index (χ3n) is 3.89. The molecule has 0 heterocycles. The standard InChI is InChI=1S/C16H25ClN2O2.ClH/c1-5-16(6-2,10-18)19-15(20)12(4)21-14-9-11(3)7-8-13(14)17;/h7-9,12H,5-6,10,18H2,1-4H3,(H,19,20);1H. The molecule has 1 aromatic carbocycles. The molecule has 126 valence electrons. The zero-order chi connectivity index (χ0) is 16.0. The van der Waals surface area contributed by atoms with Crippen LogP contribution in [0.25, 0.3) is 0 Å². The predicted octanol–water partition coefficient (Wildman–Crippen LogP) is 3.47. The first-order chi connectivity index (χ1) is 9.87. The highest BCUT2D eigenvalue weighted by Gasteiger charge is 2.29. The largest absolute Gasteiger partial charge is 0.479 e. The number of ether oxygens (including phenoxy) is 1. The molecule has 0 aliphatic carbocycles. The van der Waals surface area contributed by atoms with Gasteiger partial charge in [-0.3, -0.25) is 4.79 Å². The molecule has 3 N–H and O–H groups in total. The molecule has 1 aromatic rings. The fourth-order valence-electron chi connectivity index (χ4n) is 2.07. The van der Waals surface area contributed by atoms with E-state index in [-0.39, 0.29) is 23.9 Å². The van der Waals surface area contributed by atoms with Crippen molar-refractivity contribution < 1.29 is 9.53 Å². The average Bonchev–Trinajstić information content (AvgIpc) is 2.48. The zero-order valence-corrected chi connectivity index (χ0v) is 15.2. The highest BCUT2D eigenvalue weighted by atomic mass is 35.5. The van der Waals surface area contributed by atoms with Crippen LogP contribution in [-0.4, -0.2) is 24.1 Å². The van der Waals surface area contributed by atoms with Gasteiger partial charge in [0.15, 0.2) is 6.10 Å². The molecule has 0 fully saturated rings. The number of nitrogens with two attached hydrogens (primary N) is 1. The molecule has 0 aliphatic heterocycles. The smallest absolute Gasteiger partial charge is 0.261 e. The number of hydrogen-bond acceptors (Lipinski definition) is 3. The van der Waals surface area contributed by atoms with Gasteiger partial charge in [-0.2, -0.15) is 0 Å². The van der Waals surface area contributed by atoms with Gasteiger partial charge < -0.3 is 15.8 Å². The minimum absolute atomic E-state index is 0. The molecule has 0 spiro atoms. The van der Waals surface area contributed by atoms with E-state index in [0.29, 0.717) is 17.3 Å². The van der Waals surface area contributed by atoms with Crippen molar-refractivity contribution in [3.63, 3.8) is 0 Å². The zero-order valence-electron chi connectivity index (χ0n) is 13.6. The van der Waals surface area contributed by atoms with Gasteiger partial charge in [0, 0.05) is 6.54 Å². The summed E-state index contributed by atoms with van der Waals surface area (Å²) in [4.78, 5) is 12.3. The van der Waals surface area contributed by atoms with Gasteiger partial charge in [-0.15, -0.1) is 12.4 Å². The predicted molar refractivity (Wildman–Crippen MR) is 94.0 cm³/mol. The van der Waals surface area contributed by atoms with E-state index < -0.39 is 6.10 Å². The number of benzene rings is 1. The average molecular weight is 349 g/mol. The fourth-order valence-corrected chi connectivity index (χ4v) is 2.24. The van der Waals surface area contributed by atoms with E-state index in [9.17, 15) is 4.79 Å². The molecular weight excluding hydrogens is 323 g/mol. The maximum absolute atomic E-state index is 12.3. The molecule has 0 aliphatic rings. The Hall–Kier alpha value is -0.970. The summed E-state index contributed by atoms with van der Waals surface area (Å²) in [7, 11) is 0. The van der Waals surface area contributed by atoms with E-state index in [0.717, 1.165) is 18.4 Å². The summed E-state index contributed by atoms with van der Waals surface area (Å²) in [5.41, 5.74) is 6.46. The van der Waals surface area contributed by atoms with Crippen LogP contribution in [0.15, 0.2) is 18.2 Å². The molecule has 1 unspecified atom stereocenters. The lowest BCUT2D eigenvalue weighted by molar-refractivity contribution is -0.129. The Morgan fingerprint density at radius 1 is 1.41 bits per heavy atom.